The van der Waals surface area contributed by atoms with Crippen molar-refractivity contribution in [1.29, 1.82) is 0 Å². The van der Waals surface area contributed by atoms with E-state index in [9.17, 15) is 14.3 Å². The first-order valence-electron chi connectivity index (χ1n) is 28.0. The van der Waals surface area contributed by atoms with Crippen LogP contribution in [0.2, 0.25) is 0 Å². The lowest BCUT2D eigenvalue weighted by atomic mass is 10.0. The molecule has 378 valence electrons. The van der Waals surface area contributed by atoms with Crippen LogP contribution in [-0.2, 0) is 27.9 Å². The number of unbranched alkanes of at least 4 members (excludes halogenated alkanes) is 42. The molecule has 0 aliphatic carbocycles. The summed E-state index contributed by atoms with van der Waals surface area (Å²) in [7, 11) is -4.28. The lowest BCUT2D eigenvalue weighted by Gasteiger charge is -2.20. The van der Waals surface area contributed by atoms with Gasteiger partial charge in [0.05, 0.1) is 19.8 Å². The van der Waals surface area contributed by atoms with Gasteiger partial charge in [0.15, 0.2) is 0 Å². The molecule has 0 saturated carbocycles. The normalized spacial score (nSPS) is 13.1. The molecule has 9 heteroatoms. The predicted molar refractivity (Wildman–Crippen MR) is 271 cm³/mol. The topological polar surface area (TPSA) is 117 Å². The van der Waals surface area contributed by atoms with E-state index in [1.165, 1.54) is 250 Å². The lowest BCUT2D eigenvalue weighted by Crippen LogP contribution is -2.28. The Balaban J connectivity index is 3.81. The number of hydrogen-bond acceptors (Lipinski definition) is 7. The Morgan fingerprint density at radius 2 is 0.698 bits per heavy atom. The van der Waals surface area contributed by atoms with Gasteiger partial charge >= 0.3 is 13.8 Å². The number of carbonyl (C=O) groups is 1. The monoisotopic (exact) mass is 916 g/mol. The summed E-state index contributed by atoms with van der Waals surface area (Å²) in [6.07, 6.45) is 58.7. The number of esters is 1. The zero-order valence-corrected chi connectivity index (χ0v) is 43.2. The molecule has 0 aromatic heterocycles. The minimum absolute atomic E-state index is 0.0896. The minimum Gasteiger partial charge on any atom is -0.457 e. The molecule has 2 atom stereocenters. The third-order valence-corrected chi connectivity index (χ3v) is 13.8. The molecule has 0 amide bonds. The molecule has 0 radical (unpaired) electrons. The first-order chi connectivity index (χ1) is 30.9. The second-order valence-electron chi connectivity index (χ2n) is 19.2. The first-order valence-corrected chi connectivity index (χ1v) is 29.5. The molecule has 0 aliphatic rings. The third-order valence-electron chi connectivity index (χ3n) is 12.8. The van der Waals surface area contributed by atoms with E-state index in [-0.39, 0.29) is 32.3 Å². The van der Waals surface area contributed by atoms with Crippen LogP contribution in [0.5, 0.6) is 0 Å². The van der Waals surface area contributed by atoms with Crippen molar-refractivity contribution in [2.24, 2.45) is 5.73 Å². The second kappa shape index (κ2) is 52.5. The van der Waals surface area contributed by atoms with Crippen LogP contribution in [0.25, 0.3) is 0 Å². The molecule has 0 aromatic carbocycles. The Hall–Kier alpha value is -0.500. The van der Waals surface area contributed by atoms with Crippen LogP contribution in [0.1, 0.15) is 303 Å². The fraction of sp³-hybridized carbons (Fsp3) is 0.981. The first kappa shape index (κ1) is 62.5. The Kier molecular flexibility index (Phi) is 52.1. The number of phosphoric ester groups is 1. The Labute approximate surface area is 392 Å². The van der Waals surface area contributed by atoms with E-state index < -0.39 is 13.9 Å². The van der Waals surface area contributed by atoms with Crippen molar-refractivity contribution in [3.05, 3.63) is 0 Å². The molecule has 0 saturated heterocycles. The summed E-state index contributed by atoms with van der Waals surface area (Å²) in [5.41, 5.74) is 5.40. The van der Waals surface area contributed by atoms with Crippen molar-refractivity contribution >= 4 is 13.8 Å². The largest absolute Gasteiger partial charge is 0.472 e. The summed E-state index contributed by atoms with van der Waals surface area (Å²) in [4.78, 5) is 22.6. The highest BCUT2D eigenvalue weighted by atomic mass is 31.2. The smallest absolute Gasteiger partial charge is 0.457 e. The molecule has 8 nitrogen and oxygen atoms in total. The summed E-state index contributed by atoms with van der Waals surface area (Å²) in [6.45, 7) is 5.02. The summed E-state index contributed by atoms with van der Waals surface area (Å²) in [5, 5.41) is 0. The number of nitrogens with two attached hydrogens (primary N) is 1. The van der Waals surface area contributed by atoms with Gasteiger partial charge in [-0.3, -0.25) is 13.8 Å². The van der Waals surface area contributed by atoms with Crippen LogP contribution in [0.4, 0.5) is 0 Å². The van der Waals surface area contributed by atoms with Crippen LogP contribution >= 0.6 is 7.82 Å². The Morgan fingerprint density at radius 1 is 0.413 bits per heavy atom. The number of rotatable bonds is 55. The molecule has 0 spiro atoms. The minimum atomic E-state index is -4.28. The second-order valence-corrected chi connectivity index (χ2v) is 20.6. The number of phosphoric acid groups is 1. The van der Waals surface area contributed by atoms with Gasteiger partial charge in [-0.15, -0.1) is 0 Å². The van der Waals surface area contributed by atoms with Gasteiger partial charge in [-0.1, -0.05) is 284 Å². The highest BCUT2D eigenvalue weighted by Gasteiger charge is 2.25. The standard InChI is InChI=1S/C54H110NO7P/c1-3-5-7-9-11-13-15-17-19-21-23-24-25-26-27-28-30-32-34-36-38-40-42-44-46-49-59-51-53(52-61-63(57,58)60-50-48-55)62-54(56)47-45-43-41-39-37-35-33-31-29-22-20-18-16-14-12-10-8-6-4-2/h53H,3-52,55H2,1-2H3,(H,57,58). The van der Waals surface area contributed by atoms with Crippen molar-refractivity contribution in [1.82, 2.24) is 0 Å². The van der Waals surface area contributed by atoms with Crippen molar-refractivity contribution in [2.75, 3.05) is 33.0 Å². The van der Waals surface area contributed by atoms with Gasteiger partial charge in [-0.05, 0) is 12.8 Å². The Bertz CT molecular complexity index is 940. The SMILES string of the molecule is CCCCCCCCCCCCCCCCCCCCCCCCCCCOCC(COP(=O)(O)OCCN)OC(=O)CCCCCCCCCCCCCCCCCCCCC. The maximum atomic E-state index is 12.7. The van der Waals surface area contributed by atoms with Gasteiger partial charge in [0.1, 0.15) is 6.10 Å². The maximum Gasteiger partial charge on any atom is 0.472 e. The highest BCUT2D eigenvalue weighted by molar-refractivity contribution is 7.47. The highest BCUT2D eigenvalue weighted by Crippen LogP contribution is 2.43. The Morgan fingerprint density at radius 3 is 1.00 bits per heavy atom. The van der Waals surface area contributed by atoms with Gasteiger partial charge in [0, 0.05) is 19.6 Å². The van der Waals surface area contributed by atoms with Gasteiger partial charge < -0.3 is 20.1 Å². The summed E-state index contributed by atoms with van der Waals surface area (Å²) < 4.78 is 33.7. The van der Waals surface area contributed by atoms with Crippen molar-refractivity contribution in [3.8, 4) is 0 Å². The summed E-state index contributed by atoms with van der Waals surface area (Å²) >= 11 is 0. The zero-order chi connectivity index (χ0) is 45.8. The van der Waals surface area contributed by atoms with E-state index in [0.717, 1.165) is 32.1 Å². The molecule has 0 fully saturated rings. The number of carbonyl (C=O) groups excluding carboxylic acids is 1. The van der Waals surface area contributed by atoms with Crippen LogP contribution in [-0.4, -0.2) is 49.9 Å². The number of hydrogen-bond donors (Lipinski definition) is 2. The van der Waals surface area contributed by atoms with E-state index in [1.54, 1.807) is 0 Å². The van der Waals surface area contributed by atoms with Gasteiger partial charge in [0.2, 0.25) is 0 Å². The molecule has 2 unspecified atom stereocenters. The van der Waals surface area contributed by atoms with Crippen molar-refractivity contribution in [3.63, 3.8) is 0 Å². The molecular weight excluding hydrogens is 806 g/mol. The lowest BCUT2D eigenvalue weighted by molar-refractivity contribution is -0.154. The van der Waals surface area contributed by atoms with Crippen LogP contribution in [0.15, 0.2) is 0 Å². The fourth-order valence-electron chi connectivity index (χ4n) is 8.65. The maximum absolute atomic E-state index is 12.7. The van der Waals surface area contributed by atoms with Gasteiger partial charge in [-0.2, -0.15) is 0 Å². The van der Waals surface area contributed by atoms with Crippen LogP contribution < -0.4 is 5.73 Å². The average Bonchev–Trinajstić information content (AvgIpc) is 3.28. The third kappa shape index (κ3) is 52.3. The van der Waals surface area contributed by atoms with E-state index in [1.807, 2.05) is 0 Å². The zero-order valence-electron chi connectivity index (χ0n) is 42.4. The molecule has 0 aromatic rings. The van der Waals surface area contributed by atoms with E-state index >= 15 is 0 Å². The van der Waals surface area contributed by atoms with Gasteiger partial charge in [-0.25, -0.2) is 4.57 Å². The predicted octanol–water partition coefficient (Wildman–Crippen LogP) is 17.6. The summed E-state index contributed by atoms with van der Waals surface area (Å²) in [6, 6.07) is 0. The van der Waals surface area contributed by atoms with Crippen LogP contribution in [0.3, 0.4) is 0 Å². The molecule has 0 bridgehead atoms. The molecular formula is C54H110NO7P. The van der Waals surface area contributed by atoms with Crippen molar-refractivity contribution < 1.29 is 32.8 Å². The van der Waals surface area contributed by atoms with Crippen molar-refractivity contribution in [2.45, 2.75) is 309 Å². The molecule has 0 rings (SSSR count). The van der Waals surface area contributed by atoms with E-state index in [2.05, 4.69) is 13.8 Å². The van der Waals surface area contributed by atoms with E-state index in [0.29, 0.717) is 13.0 Å². The average molecular weight is 916 g/mol. The molecule has 3 N–H and O–H groups in total. The van der Waals surface area contributed by atoms with Crippen LogP contribution in [0, 0.1) is 0 Å². The molecule has 63 heavy (non-hydrogen) atoms. The number of ether oxygens (including phenoxy) is 2. The fourth-order valence-corrected chi connectivity index (χ4v) is 9.41. The summed E-state index contributed by atoms with van der Waals surface area (Å²) in [5.74, 6) is -0.320. The quantitative estimate of drug-likeness (QED) is 0.0352. The molecule has 0 heterocycles. The molecule has 0 aliphatic heterocycles. The van der Waals surface area contributed by atoms with Gasteiger partial charge in [0.25, 0.3) is 0 Å². The van der Waals surface area contributed by atoms with E-state index in [4.69, 9.17) is 24.3 Å².